The fourth-order valence-corrected chi connectivity index (χ4v) is 3.32. The van der Waals surface area contributed by atoms with Crippen LogP contribution >= 0.6 is 0 Å². The monoisotopic (exact) mass is 310 g/mol. The molecular weight excluding hydrogens is 280 g/mol. The Morgan fingerprint density at radius 3 is 2.05 bits per heavy atom. The lowest BCUT2D eigenvalue weighted by molar-refractivity contribution is 0.151. The zero-order valence-electron chi connectivity index (χ0n) is 14.3. The van der Waals surface area contributed by atoms with Gasteiger partial charge in [-0.3, -0.25) is 0 Å². The van der Waals surface area contributed by atoms with Crippen molar-refractivity contribution in [2.45, 2.75) is 65.1 Å². The predicted molar refractivity (Wildman–Crippen MR) is 86.8 cm³/mol. The summed E-state index contributed by atoms with van der Waals surface area (Å²) in [6.45, 7) is 11.6. The van der Waals surface area contributed by atoms with E-state index in [1.54, 1.807) is 0 Å². The van der Waals surface area contributed by atoms with Crippen LogP contribution in [0.3, 0.4) is 0 Å². The molecule has 2 heterocycles. The third-order valence-electron chi connectivity index (χ3n) is 4.88. The molecule has 0 aromatic carbocycles. The minimum absolute atomic E-state index is 0.0506. The number of hydrogen-bond donors (Lipinski definition) is 1. The molecule has 2 atom stereocenters. The lowest BCUT2D eigenvalue weighted by Gasteiger charge is -2.34. The van der Waals surface area contributed by atoms with Crippen LogP contribution in [0.5, 0.6) is 0 Å². The summed E-state index contributed by atoms with van der Waals surface area (Å²) in [6.07, 6.45) is 2.88. The first kappa shape index (κ1) is 16.9. The number of urea groups is 2. The first-order chi connectivity index (χ1) is 10.4. The van der Waals surface area contributed by atoms with Crippen LogP contribution in [-0.4, -0.2) is 71.1 Å². The number of nitrogens with zero attached hydrogens (tertiary/aromatic N) is 3. The minimum atomic E-state index is 0.0506. The topological polar surface area (TPSA) is 55.9 Å². The van der Waals surface area contributed by atoms with Gasteiger partial charge < -0.3 is 20.0 Å². The Hall–Kier alpha value is -1.46. The van der Waals surface area contributed by atoms with Crippen molar-refractivity contribution in [3.63, 3.8) is 0 Å². The highest BCUT2D eigenvalue weighted by Crippen LogP contribution is 2.20. The van der Waals surface area contributed by atoms with E-state index in [0.29, 0.717) is 0 Å². The Morgan fingerprint density at radius 1 is 0.909 bits per heavy atom. The third-order valence-corrected chi connectivity index (χ3v) is 4.88. The summed E-state index contributed by atoms with van der Waals surface area (Å²) >= 11 is 0. The maximum atomic E-state index is 12.4. The molecule has 0 saturated carbocycles. The maximum absolute atomic E-state index is 12.4. The van der Waals surface area contributed by atoms with Gasteiger partial charge in [0.25, 0.3) is 0 Å². The minimum Gasteiger partial charge on any atom is -0.338 e. The molecule has 0 bridgehead atoms. The van der Waals surface area contributed by atoms with Gasteiger partial charge in [-0.25, -0.2) is 9.59 Å². The van der Waals surface area contributed by atoms with Crippen LogP contribution in [0.4, 0.5) is 9.59 Å². The van der Waals surface area contributed by atoms with E-state index >= 15 is 0 Å². The standard InChI is InChI=1S/C16H30N4O2/c1-12(2)18-10-11-20(16(18)22)14(4)7-6-13(3)19-9-5-8-17-15(19)21/h12-14H,5-11H2,1-4H3,(H,17,21). The number of carbonyl (C=O) groups is 2. The van der Waals surface area contributed by atoms with Crippen LogP contribution < -0.4 is 5.32 Å². The molecule has 0 aromatic heterocycles. The lowest BCUT2D eigenvalue weighted by atomic mass is 10.1. The Morgan fingerprint density at radius 2 is 1.50 bits per heavy atom. The molecule has 0 aliphatic carbocycles. The molecule has 2 unspecified atom stereocenters. The van der Waals surface area contributed by atoms with Crippen LogP contribution in [0, 0.1) is 0 Å². The third kappa shape index (κ3) is 3.65. The normalized spacial score (nSPS) is 22.3. The van der Waals surface area contributed by atoms with Crippen molar-refractivity contribution in [3.05, 3.63) is 0 Å². The van der Waals surface area contributed by atoms with Gasteiger partial charge in [0.05, 0.1) is 0 Å². The van der Waals surface area contributed by atoms with Crippen LogP contribution in [0.2, 0.25) is 0 Å². The van der Waals surface area contributed by atoms with E-state index in [1.807, 2.05) is 14.7 Å². The average Bonchev–Trinajstić information content (AvgIpc) is 2.87. The molecule has 0 aromatic rings. The average molecular weight is 310 g/mol. The molecule has 0 spiro atoms. The number of hydrogen-bond acceptors (Lipinski definition) is 2. The number of nitrogens with one attached hydrogen (secondary N) is 1. The molecule has 2 aliphatic heterocycles. The van der Waals surface area contributed by atoms with Crippen molar-refractivity contribution >= 4 is 12.1 Å². The molecule has 0 radical (unpaired) electrons. The number of carbonyl (C=O) groups excluding carboxylic acids is 2. The van der Waals surface area contributed by atoms with Crippen molar-refractivity contribution < 1.29 is 9.59 Å². The summed E-state index contributed by atoms with van der Waals surface area (Å²) in [4.78, 5) is 30.0. The van der Waals surface area contributed by atoms with Gasteiger partial charge in [-0.1, -0.05) is 0 Å². The van der Waals surface area contributed by atoms with E-state index in [1.165, 1.54) is 0 Å². The SMILES string of the molecule is CC(C)N1CCN(C(C)CCC(C)N2CCCNC2=O)C1=O. The Kier molecular flexibility index (Phi) is 5.53. The van der Waals surface area contributed by atoms with Gasteiger partial charge in [0.1, 0.15) is 0 Å². The molecule has 2 fully saturated rings. The molecule has 4 amide bonds. The number of rotatable bonds is 6. The molecule has 2 saturated heterocycles. The van der Waals surface area contributed by atoms with Crippen LogP contribution in [0.1, 0.15) is 47.0 Å². The van der Waals surface area contributed by atoms with Gasteiger partial charge in [0.15, 0.2) is 0 Å². The molecule has 6 nitrogen and oxygen atoms in total. The lowest BCUT2D eigenvalue weighted by Crippen LogP contribution is -2.50. The van der Waals surface area contributed by atoms with Crippen LogP contribution in [0.15, 0.2) is 0 Å². The zero-order chi connectivity index (χ0) is 16.3. The van der Waals surface area contributed by atoms with Crippen molar-refractivity contribution in [2.24, 2.45) is 0 Å². The van der Waals surface area contributed by atoms with E-state index in [2.05, 4.69) is 33.0 Å². The highest BCUT2D eigenvalue weighted by molar-refractivity contribution is 5.77. The summed E-state index contributed by atoms with van der Waals surface area (Å²) < 4.78 is 0. The first-order valence-corrected chi connectivity index (χ1v) is 8.53. The van der Waals surface area contributed by atoms with E-state index in [-0.39, 0.29) is 30.2 Å². The maximum Gasteiger partial charge on any atom is 0.320 e. The fourth-order valence-electron chi connectivity index (χ4n) is 3.32. The smallest absolute Gasteiger partial charge is 0.320 e. The summed E-state index contributed by atoms with van der Waals surface area (Å²) in [5.74, 6) is 0. The Labute approximate surface area is 133 Å². The predicted octanol–water partition coefficient (Wildman–Crippen LogP) is 2.10. The van der Waals surface area contributed by atoms with Crippen LogP contribution in [0.25, 0.3) is 0 Å². The fraction of sp³-hybridized carbons (Fsp3) is 0.875. The largest absolute Gasteiger partial charge is 0.338 e. The second-order valence-electron chi connectivity index (χ2n) is 6.82. The molecule has 22 heavy (non-hydrogen) atoms. The molecular formula is C16H30N4O2. The highest BCUT2D eigenvalue weighted by Gasteiger charge is 2.33. The second kappa shape index (κ2) is 7.20. The number of amides is 4. The molecule has 2 rings (SSSR count). The quantitative estimate of drug-likeness (QED) is 0.817. The van der Waals surface area contributed by atoms with E-state index in [0.717, 1.165) is 45.4 Å². The van der Waals surface area contributed by atoms with E-state index in [9.17, 15) is 9.59 Å². The highest BCUT2D eigenvalue weighted by atomic mass is 16.2. The summed E-state index contributed by atoms with van der Waals surface area (Å²) in [5.41, 5.74) is 0. The molecule has 126 valence electrons. The van der Waals surface area contributed by atoms with Crippen molar-refractivity contribution in [1.29, 1.82) is 0 Å². The summed E-state index contributed by atoms with van der Waals surface area (Å²) in [7, 11) is 0. The molecule has 1 N–H and O–H groups in total. The van der Waals surface area contributed by atoms with Crippen molar-refractivity contribution in [1.82, 2.24) is 20.0 Å². The second-order valence-corrected chi connectivity index (χ2v) is 6.82. The van der Waals surface area contributed by atoms with Gasteiger partial charge in [-0.05, 0) is 47.0 Å². The van der Waals surface area contributed by atoms with Gasteiger partial charge in [0, 0.05) is 44.3 Å². The summed E-state index contributed by atoms with van der Waals surface area (Å²) in [6, 6.07) is 0.925. The molecule has 2 aliphatic rings. The Bertz CT molecular complexity index is 413. The Balaban J connectivity index is 1.81. The van der Waals surface area contributed by atoms with E-state index in [4.69, 9.17) is 0 Å². The van der Waals surface area contributed by atoms with Crippen molar-refractivity contribution in [3.8, 4) is 0 Å². The van der Waals surface area contributed by atoms with Crippen LogP contribution in [-0.2, 0) is 0 Å². The van der Waals surface area contributed by atoms with Crippen molar-refractivity contribution in [2.75, 3.05) is 26.2 Å². The van der Waals surface area contributed by atoms with Gasteiger partial charge in [0.2, 0.25) is 0 Å². The molecule has 6 heteroatoms. The zero-order valence-corrected chi connectivity index (χ0v) is 14.3. The first-order valence-electron chi connectivity index (χ1n) is 8.53. The van der Waals surface area contributed by atoms with Gasteiger partial charge in [-0.15, -0.1) is 0 Å². The summed E-state index contributed by atoms with van der Waals surface area (Å²) in [5, 5.41) is 2.90. The van der Waals surface area contributed by atoms with Gasteiger partial charge >= 0.3 is 12.1 Å². The van der Waals surface area contributed by atoms with E-state index < -0.39 is 0 Å². The van der Waals surface area contributed by atoms with Gasteiger partial charge in [-0.2, -0.15) is 0 Å².